The van der Waals surface area contributed by atoms with Crippen LogP contribution in [0.3, 0.4) is 0 Å². The molecule has 0 bridgehead atoms. The topological polar surface area (TPSA) is 75.4 Å². The number of carbonyl (C=O) groups is 2. The number of nitrogens with zero attached hydrogens (tertiary/aromatic N) is 2. The van der Waals surface area contributed by atoms with Gasteiger partial charge in [0.1, 0.15) is 11.6 Å². The Morgan fingerprint density at radius 2 is 2.14 bits per heavy atom. The Hall–Kier alpha value is -2.41. The van der Waals surface area contributed by atoms with Crippen molar-refractivity contribution in [1.29, 1.82) is 0 Å². The molecule has 0 spiro atoms. The van der Waals surface area contributed by atoms with Crippen molar-refractivity contribution in [2.45, 2.75) is 52.1 Å². The largest absolute Gasteiger partial charge is 0.361 e. The fourth-order valence-electron chi connectivity index (χ4n) is 3.41. The Labute approximate surface area is 168 Å². The Morgan fingerprint density at radius 3 is 2.82 bits per heavy atom. The van der Waals surface area contributed by atoms with E-state index in [2.05, 4.69) is 10.5 Å². The molecule has 8 heteroatoms. The Morgan fingerprint density at radius 1 is 1.36 bits per heavy atom. The molecule has 1 aliphatic heterocycles. The molecule has 1 aromatic heterocycles. The first-order valence-electron chi connectivity index (χ1n) is 9.27. The van der Waals surface area contributed by atoms with Gasteiger partial charge in [-0.3, -0.25) is 9.59 Å². The molecule has 1 unspecified atom stereocenters. The summed E-state index contributed by atoms with van der Waals surface area (Å²) >= 11 is 5.99. The molecule has 0 aliphatic carbocycles. The number of aromatic nitrogens is 1. The molecule has 150 valence electrons. The van der Waals surface area contributed by atoms with Crippen molar-refractivity contribution in [2.24, 2.45) is 0 Å². The van der Waals surface area contributed by atoms with E-state index < -0.39 is 5.82 Å². The lowest BCUT2D eigenvalue weighted by atomic mass is 10.1. The number of hydrogen-bond acceptors (Lipinski definition) is 4. The van der Waals surface area contributed by atoms with E-state index in [0.717, 1.165) is 11.3 Å². The number of benzene rings is 1. The van der Waals surface area contributed by atoms with Crippen LogP contribution in [0.15, 0.2) is 22.7 Å². The summed E-state index contributed by atoms with van der Waals surface area (Å²) in [7, 11) is 0. The maximum atomic E-state index is 13.9. The summed E-state index contributed by atoms with van der Waals surface area (Å²) in [6.45, 7) is 4.65. The molecule has 28 heavy (non-hydrogen) atoms. The molecule has 1 atom stereocenters. The molecule has 1 aliphatic rings. The van der Waals surface area contributed by atoms with Gasteiger partial charge in [0.25, 0.3) is 0 Å². The second-order valence-corrected chi connectivity index (χ2v) is 7.49. The highest BCUT2D eigenvalue weighted by Crippen LogP contribution is 2.21. The van der Waals surface area contributed by atoms with Gasteiger partial charge in [0, 0.05) is 35.2 Å². The molecule has 6 nitrogen and oxygen atoms in total. The van der Waals surface area contributed by atoms with Crippen LogP contribution in [0.25, 0.3) is 0 Å². The van der Waals surface area contributed by atoms with Crippen LogP contribution in [0.2, 0.25) is 5.02 Å². The van der Waals surface area contributed by atoms with E-state index in [1.54, 1.807) is 11.0 Å². The summed E-state index contributed by atoms with van der Waals surface area (Å²) in [4.78, 5) is 26.6. The van der Waals surface area contributed by atoms with Crippen molar-refractivity contribution in [1.82, 2.24) is 15.4 Å². The number of rotatable bonds is 5. The summed E-state index contributed by atoms with van der Waals surface area (Å²) < 4.78 is 19.0. The van der Waals surface area contributed by atoms with Crippen LogP contribution in [0.4, 0.5) is 4.39 Å². The molecule has 1 fully saturated rings. The molecule has 0 saturated carbocycles. The van der Waals surface area contributed by atoms with E-state index in [9.17, 15) is 14.0 Å². The van der Waals surface area contributed by atoms with Gasteiger partial charge in [-0.25, -0.2) is 4.39 Å². The standard InChI is InChI=1S/C20H23ClFN3O3/c1-12-16(13(2)28-24-12)11-25-9-8-14(6-7-20(25)27)23-19(26)10-15-17(21)4-3-5-18(15)22/h3-5,14H,6-11H2,1-2H3,(H,23,26). The number of likely N-dealkylation sites (tertiary alicyclic amines) is 1. The fraction of sp³-hybridized carbons (Fsp3) is 0.450. The fourth-order valence-corrected chi connectivity index (χ4v) is 3.64. The van der Waals surface area contributed by atoms with Crippen LogP contribution < -0.4 is 5.32 Å². The lowest BCUT2D eigenvalue weighted by molar-refractivity contribution is -0.131. The van der Waals surface area contributed by atoms with Gasteiger partial charge in [-0.15, -0.1) is 0 Å². The Kier molecular flexibility index (Phi) is 6.34. The van der Waals surface area contributed by atoms with E-state index in [0.29, 0.717) is 38.1 Å². The lowest BCUT2D eigenvalue weighted by Crippen LogP contribution is -2.37. The number of amides is 2. The summed E-state index contributed by atoms with van der Waals surface area (Å²) in [6, 6.07) is 4.20. The van der Waals surface area contributed by atoms with Gasteiger partial charge >= 0.3 is 0 Å². The minimum absolute atomic E-state index is 0.0360. The van der Waals surface area contributed by atoms with Crippen molar-refractivity contribution in [3.8, 4) is 0 Å². The van der Waals surface area contributed by atoms with E-state index in [1.807, 2.05) is 13.8 Å². The first-order chi connectivity index (χ1) is 13.3. The number of nitrogens with one attached hydrogen (secondary N) is 1. The van der Waals surface area contributed by atoms with Crippen molar-refractivity contribution in [2.75, 3.05) is 6.54 Å². The first kappa shape index (κ1) is 20.3. The third kappa shape index (κ3) is 4.70. The van der Waals surface area contributed by atoms with Crippen LogP contribution in [0, 0.1) is 19.7 Å². The van der Waals surface area contributed by atoms with Crippen LogP contribution in [-0.2, 0) is 22.6 Å². The van der Waals surface area contributed by atoms with Gasteiger partial charge in [0.2, 0.25) is 11.8 Å². The summed E-state index contributed by atoms with van der Waals surface area (Å²) in [6.07, 6.45) is 1.40. The number of hydrogen-bond donors (Lipinski definition) is 1. The predicted octanol–water partition coefficient (Wildman–Crippen LogP) is 3.32. The quantitative estimate of drug-likeness (QED) is 0.824. The molecule has 1 N–H and O–H groups in total. The minimum atomic E-state index is -0.496. The zero-order valence-electron chi connectivity index (χ0n) is 15.9. The van der Waals surface area contributed by atoms with Crippen LogP contribution in [0.5, 0.6) is 0 Å². The van der Waals surface area contributed by atoms with Gasteiger partial charge in [-0.2, -0.15) is 0 Å². The van der Waals surface area contributed by atoms with E-state index >= 15 is 0 Å². The number of aryl methyl sites for hydroxylation is 2. The second kappa shape index (κ2) is 8.73. The van der Waals surface area contributed by atoms with Crippen molar-refractivity contribution in [3.63, 3.8) is 0 Å². The molecular weight excluding hydrogens is 385 g/mol. The Balaban J connectivity index is 1.58. The highest BCUT2D eigenvalue weighted by Gasteiger charge is 2.25. The molecule has 0 radical (unpaired) electrons. The van der Waals surface area contributed by atoms with Crippen LogP contribution in [-0.4, -0.2) is 34.5 Å². The smallest absolute Gasteiger partial charge is 0.224 e. The molecular formula is C20H23ClFN3O3. The molecule has 2 aromatic rings. The van der Waals surface area contributed by atoms with Crippen molar-refractivity contribution in [3.05, 3.63) is 51.6 Å². The summed E-state index contributed by atoms with van der Waals surface area (Å²) in [5, 5.41) is 7.07. The van der Waals surface area contributed by atoms with Gasteiger partial charge in [0.15, 0.2) is 0 Å². The third-order valence-electron chi connectivity index (χ3n) is 5.10. The van der Waals surface area contributed by atoms with Crippen molar-refractivity contribution >= 4 is 23.4 Å². The average molecular weight is 408 g/mol. The maximum absolute atomic E-state index is 13.9. The van der Waals surface area contributed by atoms with E-state index in [4.69, 9.17) is 16.1 Å². The Bertz CT molecular complexity index is 844. The average Bonchev–Trinajstić information content (AvgIpc) is 2.86. The predicted molar refractivity (Wildman–Crippen MR) is 102 cm³/mol. The first-order valence-corrected chi connectivity index (χ1v) is 9.64. The van der Waals surface area contributed by atoms with Gasteiger partial charge in [0.05, 0.1) is 18.7 Å². The summed E-state index contributed by atoms with van der Waals surface area (Å²) in [5.74, 6) is -0.0528. The highest BCUT2D eigenvalue weighted by atomic mass is 35.5. The number of halogens is 2. The molecule has 1 saturated heterocycles. The molecule has 3 rings (SSSR count). The van der Waals surface area contributed by atoms with Gasteiger partial charge < -0.3 is 14.7 Å². The normalized spacial score (nSPS) is 17.5. The molecule has 1 aromatic carbocycles. The minimum Gasteiger partial charge on any atom is -0.361 e. The van der Waals surface area contributed by atoms with Crippen LogP contribution >= 0.6 is 11.6 Å². The highest BCUT2D eigenvalue weighted by molar-refractivity contribution is 6.31. The zero-order chi connectivity index (χ0) is 20.3. The monoisotopic (exact) mass is 407 g/mol. The van der Waals surface area contributed by atoms with E-state index in [-0.39, 0.29) is 34.9 Å². The maximum Gasteiger partial charge on any atom is 0.224 e. The third-order valence-corrected chi connectivity index (χ3v) is 5.46. The lowest BCUT2D eigenvalue weighted by Gasteiger charge is -2.21. The van der Waals surface area contributed by atoms with Gasteiger partial charge in [-0.1, -0.05) is 22.8 Å². The molecule has 2 amide bonds. The van der Waals surface area contributed by atoms with Crippen LogP contribution in [0.1, 0.15) is 41.8 Å². The van der Waals surface area contributed by atoms with Gasteiger partial charge in [-0.05, 0) is 38.8 Å². The second-order valence-electron chi connectivity index (χ2n) is 7.09. The molecule has 2 heterocycles. The zero-order valence-corrected chi connectivity index (χ0v) is 16.7. The van der Waals surface area contributed by atoms with Crippen molar-refractivity contribution < 1.29 is 18.5 Å². The SMILES string of the molecule is Cc1noc(C)c1CN1CCC(NC(=O)Cc2c(F)cccc2Cl)CCC1=O. The number of carbonyl (C=O) groups excluding carboxylic acids is 2. The van der Waals surface area contributed by atoms with E-state index in [1.165, 1.54) is 12.1 Å². The summed E-state index contributed by atoms with van der Waals surface area (Å²) in [5.41, 5.74) is 1.89.